The molecule has 1 aromatic heterocycles. The first-order valence-electron chi connectivity index (χ1n) is 3.74. The fourth-order valence-corrected chi connectivity index (χ4v) is 0.721. The van der Waals surface area contributed by atoms with Crippen molar-refractivity contribution < 1.29 is 23.1 Å². The summed E-state index contributed by atoms with van der Waals surface area (Å²) < 4.78 is 35.2. The van der Waals surface area contributed by atoms with E-state index in [0.29, 0.717) is 0 Å². The van der Waals surface area contributed by atoms with Gasteiger partial charge in [0.1, 0.15) is 12.4 Å². The van der Waals surface area contributed by atoms with Crippen LogP contribution in [0.25, 0.3) is 0 Å². The molecule has 2 N–H and O–H groups in total. The highest BCUT2D eigenvalue weighted by Gasteiger charge is 2.26. The summed E-state index contributed by atoms with van der Waals surface area (Å²) in [5, 5.41) is 10.4. The van der Waals surface area contributed by atoms with Crippen LogP contribution in [0.1, 0.15) is 10.5 Å². The summed E-state index contributed by atoms with van der Waals surface area (Å²) in [6.07, 6.45) is -2.55. The van der Waals surface area contributed by atoms with E-state index in [1.54, 1.807) is 0 Å². The van der Waals surface area contributed by atoms with Crippen molar-refractivity contribution in [2.45, 2.75) is 6.18 Å². The number of hydrogen-bond acceptors (Lipinski definition) is 4. The molecular formula is C7H6F3N3O2. The number of nitrogens with one attached hydrogen (secondary N) is 1. The second-order valence-corrected chi connectivity index (χ2v) is 2.56. The molecule has 0 saturated heterocycles. The van der Waals surface area contributed by atoms with E-state index in [1.807, 2.05) is 5.32 Å². The van der Waals surface area contributed by atoms with Gasteiger partial charge in [-0.25, -0.2) is 14.8 Å². The van der Waals surface area contributed by atoms with Gasteiger partial charge in [0, 0.05) is 0 Å². The summed E-state index contributed by atoms with van der Waals surface area (Å²) in [5.74, 6) is -1.41. The summed E-state index contributed by atoms with van der Waals surface area (Å²) in [7, 11) is 0. The Kier molecular flexibility index (Phi) is 3.08. The fourth-order valence-electron chi connectivity index (χ4n) is 0.721. The Labute approximate surface area is 82.0 Å². The number of nitrogens with zero attached hydrogens (tertiary/aromatic N) is 2. The van der Waals surface area contributed by atoms with Crippen molar-refractivity contribution in [1.29, 1.82) is 0 Å². The maximum absolute atomic E-state index is 11.7. The Morgan fingerprint density at radius 3 is 2.47 bits per heavy atom. The molecule has 0 saturated carbocycles. The number of carbonyl (C=O) groups is 1. The van der Waals surface area contributed by atoms with Crippen molar-refractivity contribution in [2.75, 3.05) is 11.9 Å². The minimum absolute atomic E-state index is 0.127. The molecule has 0 aliphatic carbocycles. The number of aromatic carboxylic acids is 1. The van der Waals surface area contributed by atoms with E-state index >= 15 is 0 Å². The highest BCUT2D eigenvalue weighted by Crippen LogP contribution is 2.14. The molecule has 0 atom stereocenters. The molecule has 0 amide bonds. The second-order valence-electron chi connectivity index (χ2n) is 2.56. The summed E-state index contributed by atoms with van der Waals surface area (Å²) in [6, 6.07) is 0. The highest BCUT2D eigenvalue weighted by atomic mass is 19.4. The third-order valence-corrected chi connectivity index (χ3v) is 1.34. The monoisotopic (exact) mass is 221 g/mol. The molecule has 5 nitrogen and oxygen atoms in total. The molecule has 8 heteroatoms. The van der Waals surface area contributed by atoms with Crippen LogP contribution in [-0.2, 0) is 0 Å². The highest BCUT2D eigenvalue weighted by molar-refractivity contribution is 5.84. The van der Waals surface area contributed by atoms with Crippen LogP contribution in [0.15, 0.2) is 12.4 Å². The predicted molar refractivity (Wildman–Crippen MR) is 43.5 cm³/mol. The summed E-state index contributed by atoms with van der Waals surface area (Å²) in [6.45, 7) is -1.24. The molecule has 0 unspecified atom stereocenters. The number of aromatic nitrogens is 2. The zero-order valence-corrected chi connectivity index (χ0v) is 7.25. The van der Waals surface area contributed by atoms with Crippen LogP contribution >= 0.6 is 0 Å². The molecule has 82 valence electrons. The van der Waals surface area contributed by atoms with Crippen molar-refractivity contribution in [3.05, 3.63) is 18.1 Å². The van der Waals surface area contributed by atoms with Gasteiger partial charge >= 0.3 is 12.1 Å². The van der Waals surface area contributed by atoms with Crippen LogP contribution in [0, 0.1) is 0 Å². The summed E-state index contributed by atoms with van der Waals surface area (Å²) >= 11 is 0. The summed E-state index contributed by atoms with van der Waals surface area (Å²) in [4.78, 5) is 17.2. The van der Waals surface area contributed by atoms with Gasteiger partial charge in [-0.15, -0.1) is 0 Å². The molecule has 0 radical (unpaired) electrons. The first kappa shape index (κ1) is 11.2. The second kappa shape index (κ2) is 4.11. The van der Waals surface area contributed by atoms with Crippen LogP contribution in [0.5, 0.6) is 0 Å². The number of halogens is 3. The van der Waals surface area contributed by atoms with Gasteiger partial charge in [0.2, 0.25) is 0 Å². The van der Waals surface area contributed by atoms with Crippen molar-refractivity contribution in [1.82, 2.24) is 9.97 Å². The van der Waals surface area contributed by atoms with Crippen LogP contribution in [0.4, 0.5) is 19.0 Å². The topological polar surface area (TPSA) is 75.1 Å². The molecule has 0 fully saturated rings. The van der Waals surface area contributed by atoms with Crippen molar-refractivity contribution >= 4 is 11.8 Å². The SMILES string of the molecule is O=C(O)c1cnc(NCC(F)(F)F)cn1. The maximum atomic E-state index is 11.7. The number of alkyl halides is 3. The quantitative estimate of drug-likeness (QED) is 0.800. The van der Waals surface area contributed by atoms with Crippen molar-refractivity contribution in [3.8, 4) is 0 Å². The van der Waals surface area contributed by atoms with Gasteiger partial charge in [0.25, 0.3) is 0 Å². The molecule has 0 spiro atoms. The van der Waals surface area contributed by atoms with Gasteiger partial charge in [-0.05, 0) is 0 Å². The lowest BCUT2D eigenvalue weighted by molar-refractivity contribution is -0.115. The van der Waals surface area contributed by atoms with E-state index in [2.05, 4.69) is 9.97 Å². The lowest BCUT2D eigenvalue weighted by atomic mass is 10.4. The van der Waals surface area contributed by atoms with E-state index in [-0.39, 0.29) is 11.5 Å². The molecule has 1 aromatic rings. The first-order valence-corrected chi connectivity index (χ1v) is 3.74. The van der Waals surface area contributed by atoms with E-state index in [9.17, 15) is 18.0 Å². The third-order valence-electron chi connectivity index (χ3n) is 1.34. The van der Waals surface area contributed by atoms with E-state index < -0.39 is 18.7 Å². The van der Waals surface area contributed by atoms with Gasteiger partial charge in [0.05, 0.1) is 12.4 Å². The summed E-state index contributed by atoms with van der Waals surface area (Å²) in [5.41, 5.74) is -0.326. The minimum atomic E-state index is -4.35. The van der Waals surface area contributed by atoms with Gasteiger partial charge in [0.15, 0.2) is 5.69 Å². The largest absolute Gasteiger partial charge is 0.476 e. The van der Waals surface area contributed by atoms with Crippen LogP contribution in [-0.4, -0.2) is 33.8 Å². The molecule has 15 heavy (non-hydrogen) atoms. The number of anilines is 1. The molecule has 0 aliphatic heterocycles. The van der Waals surface area contributed by atoms with Gasteiger partial charge in [-0.2, -0.15) is 13.2 Å². The molecule has 0 bridgehead atoms. The number of carboxylic acids is 1. The van der Waals surface area contributed by atoms with Gasteiger partial charge < -0.3 is 10.4 Å². The lowest BCUT2D eigenvalue weighted by Gasteiger charge is -2.07. The number of hydrogen-bond donors (Lipinski definition) is 2. The Balaban J connectivity index is 2.61. The molecular weight excluding hydrogens is 215 g/mol. The van der Waals surface area contributed by atoms with Crippen LogP contribution in [0.3, 0.4) is 0 Å². The van der Waals surface area contributed by atoms with E-state index in [1.165, 1.54) is 0 Å². The van der Waals surface area contributed by atoms with Gasteiger partial charge in [-0.3, -0.25) is 0 Å². The predicted octanol–water partition coefficient (Wildman–Crippen LogP) is 1.15. The Morgan fingerprint density at radius 1 is 1.40 bits per heavy atom. The van der Waals surface area contributed by atoms with Crippen molar-refractivity contribution in [2.24, 2.45) is 0 Å². The van der Waals surface area contributed by atoms with Crippen molar-refractivity contribution in [3.63, 3.8) is 0 Å². The molecule has 1 heterocycles. The molecule has 0 aromatic carbocycles. The zero-order valence-electron chi connectivity index (χ0n) is 7.25. The van der Waals surface area contributed by atoms with E-state index in [0.717, 1.165) is 12.4 Å². The smallest absolute Gasteiger partial charge is 0.405 e. The Bertz CT molecular complexity index is 349. The Hall–Kier alpha value is -1.86. The standard InChI is InChI=1S/C7H6F3N3O2/c8-7(9,10)3-13-5-2-11-4(1-12-5)6(14)15/h1-2H,3H2,(H,12,13)(H,14,15). The number of rotatable bonds is 3. The number of carboxylic acid groups (broad SMARTS) is 1. The van der Waals surface area contributed by atoms with Gasteiger partial charge in [-0.1, -0.05) is 0 Å². The minimum Gasteiger partial charge on any atom is -0.476 e. The first-order chi connectivity index (χ1) is 6.88. The van der Waals surface area contributed by atoms with E-state index in [4.69, 9.17) is 5.11 Å². The normalized spacial score (nSPS) is 11.1. The van der Waals surface area contributed by atoms with Crippen LogP contribution < -0.4 is 5.32 Å². The zero-order chi connectivity index (χ0) is 11.5. The maximum Gasteiger partial charge on any atom is 0.405 e. The average Bonchev–Trinajstić information content (AvgIpc) is 2.14. The lowest BCUT2D eigenvalue weighted by Crippen LogP contribution is -2.22. The fraction of sp³-hybridized carbons (Fsp3) is 0.286. The van der Waals surface area contributed by atoms with Crippen LogP contribution in [0.2, 0.25) is 0 Å². The molecule has 1 rings (SSSR count). The third kappa shape index (κ3) is 3.79. The average molecular weight is 221 g/mol. The molecule has 0 aliphatic rings. The Morgan fingerprint density at radius 2 is 2.07 bits per heavy atom.